The first-order chi connectivity index (χ1) is 30.7. The van der Waals surface area contributed by atoms with Crippen molar-refractivity contribution in [1.82, 2.24) is 14.5 Å². The fourth-order valence-electron chi connectivity index (χ4n) is 7.99. The number of hydrogen-bond donors (Lipinski definition) is 0. The van der Waals surface area contributed by atoms with Gasteiger partial charge in [0.25, 0.3) is 0 Å². The molecule has 4 nitrogen and oxygen atoms in total. The molecule has 0 fully saturated rings. The molecule has 0 aliphatic heterocycles. The largest absolute Gasteiger partial charge is 0.500 e. The standard InChI is InChI=1S/C41H33N2O.C13H9F3N.Ir/c1-25(2)34-23-29(27-13-6-5-7-14-27)24-35(26(3)4)38(34)43-37-20-11-10-19-36(37)42-41(43)33-18-12-17-31-32-22-21-28-15-8-9-16-30(28)39(32)44-40(31)33;1-9-2-7-12(17-8-9)10-3-5-11(6-4-10)13(14,15)16;/h5-17,19-26H,1-4H3;2-3,5-8H,1H3;/q2*-1;/i;1D3;. The number of rotatable bonds is 6. The van der Waals surface area contributed by atoms with Gasteiger partial charge in [-0.15, -0.1) is 48.0 Å². The van der Waals surface area contributed by atoms with Gasteiger partial charge in [-0.25, -0.2) is 0 Å². The van der Waals surface area contributed by atoms with E-state index in [0.717, 1.165) is 61.9 Å². The number of halogens is 3. The Bertz CT molecular complexity index is 3220. The van der Waals surface area contributed by atoms with Crippen molar-refractivity contribution < 1.29 is 41.8 Å². The molecule has 0 bridgehead atoms. The zero-order valence-electron chi connectivity index (χ0n) is 37.3. The fourth-order valence-corrected chi connectivity index (χ4v) is 7.99. The first-order valence-electron chi connectivity index (χ1n) is 21.7. The van der Waals surface area contributed by atoms with Gasteiger partial charge < -0.3 is 14.0 Å². The second-order valence-electron chi connectivity index (χ2n) is 15.7. The number of nitrogens with zero attached hydrogens (tertiary/aromatic N) is 3. The van der Waals surface area contributed by atoms with Crippen molar-refractivity contribution >= 4 is 43.7 Å². The maximum absolute atomic E-state index is 12.4. The molecule has 0 saturated carbocycles. The molecule has 0 atom stereocenters. The minimum absolute atomic E-state index is 0. The van der Waals surface area contributed by atoms with E-state index >= 15 is 0 Å². The summed E-state index contributed by atoms with van der Waals surface area (Å²) in [5.74, 6) is 1.42. The summed E-state index contributed by atoms with van der Waals surface area (Å²) in [5.41, 5.74) is 10.9. The summed E-state index contributed by atoms with van der Waals surface area (Å²) in [6, 6.07) is 52.7. The summed E-state index contributed by atoms with van der Waals surface area (Å²) in [6.07, 6.45) is -3.22. The predicted molar refractivity (Wildman–Crippen MR) is 242 cm³/mol. The average Bonchev–Trinajstić information content (AvgIpc) is 3.88. The molecule has 10 aromatic rings. The number of pyridine rings is 1. The summed E-state index contributed by atoms with van der Waals surface area (Å²) < 4.78 is 68.0. The number of imidazole rings is 1. The molecule has 3 aromatic heterocycles. The van der Waals surface area contributed by atoms with Crippen LogP contribution in [0.15, 0.2) is 156 Å². The van der Waals surface area contributed by atoms with Crippen LogP contribution in [0.5, 0.6) is 0 Å². The Hall–Kier alpha value is -6.34. The van der Waals surface area contributed by atoms with E-state index in [1.165, 1.54) is 57.7 Å². The van der Waals surface area contributed by atoms with Crippen LogP contribution in [0.3, 0.4) is 0 Å². The molecule has 311 valence electrons. The second kappa shape index (κ2) is 17.2. The number of hydrogen-bond acceptors (Lipinski definition) is 3. The molecule has 10 rings (SSSR count). The smallest absolute Gasteiger partial charge is 0.381 e. The molecule has 0 aliphatic carbocycles. The molecular formula is C54H42F3IrN3O-2. The van der Waals surface area contributed by atoms with Gasteiger partial charge in [-0.3, -0.25) is 4.98 Å². The van der Waals surface area contributed by atoms with Crippen LogP contribution in [0.25, 0.3) is 83.2 Å². The minimum Gasteiger partial charge on any atom is -0.500 e. The zero-order chi connectivity index (χ0) is 44.9. The third kappa shape index (κ3) is 7.97. The van der Waals surface area contributed by atoms with Gasteiger partial charge in [0, 0.05) is 46.9 Å². The van der Waals surface area contributed by atoms with Crippen molar-refractivity contribution in [3.8, 4) is 39.5 Å². The van der Waals surface area contributed by atoms with E-state index in [2.05, 4.69) is 159 Å². The summed E-state index contributed by atoms with van der Waals surface area (Å²) in [7, 11) is 0. The molecule has 0 spiro atoms. The molecule has 0 saturated heterocycles. The molecule has 0 aliphatic rings. The van der Waals surface area contributed by atoms with Gasteiger partial charge in [0.1, 0.15) is 5.58 Å². The Morgan fingerprint density at radius 2 is 1.40 bits per heavy atom. The van der Waals surface area contributed by atoms with Gasteiger partial charge >= 0.3 is 6.18 Å². The molecule has 7 aromatic carbocycles. The molecular weight excluding hydrogens is 956 g/mol. The van der Waals surface area contributed by atoms with Crippen molar-refractivity contribution in [2.24, 2.45) is 0 Å². The molecule has 0 N–H and O–H groups in total. The Kier molecular flexibility index (Phi) is 10.7. The molecule has 8 heteroatoms. The third-order valence-corrected chi connectivity index (χ3v) is 11.0. The van der Waals surface area contributed by atoms with Gasteiger partial charge in [-0.05, 0) is 87.4 Å². The average molecular weight is 1000 g/mol. The summed E-state index contributed by atoms with van der Waals surface area (Å²) in [5, 5.41) is 4.46. The van der Waals surface area contributed by atoms with Crippen molar-refractivity contribution in [3.63, 3.8) is 0 Å². The normalized spacial score (nSPS) is 12.6. The summed E-state index contributed by atoms with van der Waals surface area (Å²) in [6.45, 7) is 6.89. The Morgan fingerprint density at radius 1 is 0.694 bits per heavy atom. The number of benzene rings is 7. The zero-order valence-corrected chi connectivity index (χ0v) is 36.7. The summed E-state index contributed by atoms with van der Waals surface area (Å²) >= 11 is 0. The Morgan fingerprint density at radius 3 is 2.08 bits per heavy atom. The molecule has 3 heterocycles. The van der Waals surface area contributed by atoms with Gasteiger partial charge in [-0.2, -0.15) is 13.2 Å². The van der Waals surface area contributed by atoms with E-state index in [4.69, 9.17) is 13.5 Å². The Balaban J connectivity index is 0.000000232. The van der Waals surface area contributed by atoms with E-state index in [1.807, 2.05) is 6.07 Å². The number of aryl methyl sites for hydroxylation is 1. The second-order valence-corrected chi connectivity index (χ2v) is 15.7. The quantitative estimate of drug-likeness (QED) is 0.156. The van der Waals surface area contributed by atoms with E-state index in [1.54, 1.807) is 0 Å². The summed E-state index contributed by atoms with van der Waals surface area (Å²) in [4.78, 5) is 9.23. The molecule has 0 amide bonds. The van der Waals surface area contributed by atoms with E-state index in [-0.39, 0.29) is 37.5 Å². The van der Waals surface area contributed by atoms with Gasteiger partial charge in [0.2, 0.25) is 0 Å². The maximum atomic E-state index is 12.4. The van der Waals surface area contributed by atoms with Crippen LogP contribution in [0.1, 0.15) is 65.9 Å². The fraction of sp³-hybridized carbons (Fsp3) is 0.148. The van der Waals surface area contributed by atoms with Crippen molar-refractivity contribution in [2.75, 3.05) is 0 Å². The van der Waals surface area contributed by atoms with Crippen LogP contribution < -0.4 is 0 Å². The number of para-hydroxylation sites is 2. The monoisotopic (exact) mass is 1000 g/mol. The minimum atomic E-state index is -4.41. The predicted octanol–water partition coefficient (Wildman–Crippen LogP) is 15.3. The number of aromatic nitrogens is 3. The Labute approximate surface area is 376 Å². The van der Waals surface area contributed by atoms with Gasteiger partial charge in [-0.1, -0.05) is 130 Å². The van der Waals surface area contributed by atoms with E-state index in [0.29, 0.717) is 11.3 Å². The van der Waals surface area contributed by atoms with E-state index < -0.39 is 18.6 Å². The van der Waals surface area contributed by atoms with Crippen LogP contribution in [0.2, 0.25) is 0 Å². The molecule has 1 radical (unpaired) electrons. The third-order valence-electron chi connectivity index (χ3n) is 11.0. The number of alkyl halides is 3. The topological polar surface area (TPSA) is 43.9 Å². The van der Waals surface area contributed by atoms with Crippen molar-refractivity contribution in [1.29, 1.82) is 0 Å². The van der Waals surface area contributed by atoms with Crippen LogP contribution >= 0.6 is 0 Å². The van der Waals surface area contributed by atoms with Crippen molar-refractivity contribution in [2.45, 2.75) is 52.6 Å². The number of furan rings is 1. The van der Waals surface area contributed by atoms with E-state index in [9.17, 15) is 13.2 Å². The number of fused-ring (bicyclic) bond motifs is 6. The van der Waals surface area contributed by atoms with Crippen LogP contribution in [-0.4, -0.2) is 14.5 Å². The molecule has 62 heavy (non-hydrogen) atoms. The first kappa shape index (κ1) is 38.6. The van der Waals surface area contributed by atoms with Crippen LogP contribution in [-0.2, 0) is 26.3 Å². The first-order valence-corrected chi connectivity index (χ1v) is 20.2. The van der Waals surface area contributed by atoms with Crippen LogP contribution in [0, 0.1) is 19.0 Å². The molecule has 0 unspecified atom stereocenters. The maximum Gasteiger partial charge on any atom is 0.381 e. The van der Waals surface area contributed by atoms with Gasteiger partial charge in [0.05, 0.1) is 22.4 Å². The van der Waals surface area contributed by atoms with Crippen molar-refractivity contribution in [3.05, 3.63) is 186 Å². The van der Waals surface area contributed by atoms with Gasteiger partial charge in [0.15, 0.2) is 0 Å². The van der Waals surface area contributed by atoms with Crippen LogP contribution in [0.4, 0.5) is 13.2 Å². The SMILES string of the molecule is CC(C)c1cc(-c2ccccc2)cc(C(C)C)c1-n1c(-c2[c-]ccc3c2oc2c4ccccc4ccc32)nc2ccccc21.[2H]C([2H])([2H])c1ccc(-c2[c-]cc(C(F)(F)F)cc2)nc1.[Ir].